The third-order valence-corrected chi connectivity index (χ3v) is 6.94. The van der Waals surface area contributed by atoms with Crippen LogP contribution in [0.3, 0.4) is 0 Å². The predicted octanol–water partition coefficient (Wildman–Crippen LogP) is 2.58. The number of fused-ring (bicyclic) bond motifs is 1. The Morgan fingerprint density at radius 2 is 2.03 bits per heavy atom. The van der Waals surface area contributed by atoms with Crippen LogP contribution in [0.4, 0.5) is 4.39 Å². The lowest BCUT2D eigenvalue weighted by Crippen LogP contribution is -2.43. The Morgan fingerprint density at radius 1 is 1.24 bits per heavy atom. The number of aromatic nitrogens is 3. The number of benzene rings is 1. The average molecular weight is 512 g/mol. The first-order chi connectivity index (χ1) is 17.8. The number of nitrogens with one attached hydrogen (secondary N) is 2. The molecule has 196 valence electrons. The van der Waals surface area contributed by atoms with Gasteiger partial charge in [-0.2, -0.15) is 0 Å². The monoisotopic (exact) mass is 511 g/mol. The van der Waals surface area contributed by atoms with Gasteiger partial charge in [0.1, 0.15) is 23.3 Å². The van der Waals surface area contributed by atoms with Gasteiger partial charge in [0.25, 0.3) is 5.91 Å². The summed E-state index contributed by atoms with van der Waals surface area (Å²) in [5.74, 6) is -0.214. The lowest BCUT2D eigenvalue weighted by Gasteiger charge is -2.16. The van der Waals surface area contributed by atoms with Gasteiger partial charge in [-0.25, -0.2) is 14.4 Å². The Kier molecular flexibility index (Phi) is 6.72. The van der Waals surface area contributed by atoms with Crippen molar-refractivity contribution in [1.82, 2.24) is 25.2 Å². The maximum absolute atomic E-state index is 14.6. The maximum atomic E-state index is 14.6. The van der Waals surface area contributed by atoms with E-state index in [1.807, 2.05) is 0 Å². The molecular weight excluding hydrogens is 481 g/mol. The number of carbonyl (C=O) groups excluding carboxylic acids is 2. The largest absolute Gasteiger partial charge is 0.494 e. The molecule has 10 nitrogen and oxygen atoms in total. The second-order valence-corrected chi connectivity index (χ2v) is 9.61. The van der Waals surface area contributed by atoms with Crippen LogP contribution < -0.4 is 14.8 Å². The number of hydrogen-bond donors (Lipinski definition) is 3. The molecule has 1 saturated heterocycles. The van der Waals surface area contributed by atoms with Crippen LogP contribution in [0, 0.1) is 18.7 Å². The standard InChI is InChI=1S/C26H30FN5O5/c1-4-21(34)32-9-17(18(33)10-32)31-26(35)22-13(2)30-25-23(28-12-29-24(22)25)15-7-20(36-3)16(27)8-19(15)37-11-14-5-6-14/h7-8,12,14,17-18,30,33H,4-6,9-11H2,1-3H3,(H,31,35)/t17-,18+/m1/s1. The molecule has 0 bridgehead atoms. The molecule has 5 rings (SSSR count). The van der Waals surface area contributed by atoms with Crippen LogP contribution >= 0.6 is 0 Å². The minimum Gasteiger partial charge on any atom is -0.494 e. The molecule has 1 aliphatic heterocycles. The fraction of sp³-hybridized carbons (Fsp3) is 0.462. The summed E-state index contributed by atoms with van der Waals surface area (Å²) in [6.45, 7) is 4.39. The zero-order valence-corrected chi connectivity index (χ0v) is 21.0. The van der Waals surface area contributed by atoms with Crippen molar-refractivity contribution in [1.29, 1.82) is 0 Å². The fourth-order valence-corrected chi connectivity index (χ4v) is 4.69. The maximum Gasteiger partial charge on any atom is 0.255 e. The molecule has 3 heterocycles. The fourth-order valence-electron chi connectivity index (χ4n) is 4.69. The Labute approximate surface area is 213 Å². The highest BCUT2D eigenvalue weighted by atomic mass is 19.1. The number of likely N-dealkylation sites (tertiary alicyclic amines) is 1. The van der Waals surface area contributed by atoms with Crippen LogP contribution in [0.25, 0.3) is 22.3 Å². The number of β-amino-alcohol motifs (C(OH)–C–C–N with tert-alkyl or cyclic N) is 1. The number of aliphatic hydroxyl groups excluding tert-OH is 1. The first-order valence-electron chi connectivity index (χ1n) is 12.4. The third kappa shape index (κ3) is 4.83. The van der Waals surface area contributed by atoms with Crippen molar-refractivity contribution in [2.75, 3.05) is 26.8 Å². The van der Waals surface area contributed by atoms with Crippen LogP contribution in [-0.2, 0) is 4.79 Å². The number of halogens is 1. The van der Waals surface area contributed by atoms with E-state index in [0.717, 1.165) is 12.8 Å². The van der Waals surface area contributed by atoms with E-state index < -0.39 is 23.9 Å². The van der Waals surface area contributed by atoms with Gasteiger partial charge in [-0.15, -0.1) is 0 Å². The molecule has 2 amide bonds. The number of H-pyrrole nitrogens is 1. The van der Waals surface area contributed by atoms with Crippen LogP contribution in [-0.4, -0.2) is 75.7 Å². The van der Waals surface area contributed by atoms with E-state index in [1.54, 1.807) is 18.7 Å². The molecule has 2 atom stereocenters. The number of nitrogens with zero attached hydrogens (tertiary/aromatic N) is 3. The minimum atomic E-state index is -0.868. The van der Waals surface area contributed by atoms with Crippen molar-refractivity contribution in [2.45, 2.75) is 45.3 Å². The van der Waals surface area contributed by atoms with Gasteiger partial charge in [-0.1, -0.05) is 6.92 Å². The third-order valence-electron chi connectivity index (χ3n) is 6.94. The zero-order valence-electron chi connectivity index (χ0n) is 21.0. The second kappa shape index (κ2) is 9.97. The number of amides is 2. The van der Waals surface area contributed by atoms with E-state index in [4.69, 9.17) is 9.47 Å². The van der Waals surface area contributed by atoms with Crippen molar-refractivity contribution in [3.63, 3.8) is 0 Å². The minimum absolute atomic E-state index is 0.0446. The molecule has 2 aromatic heterocycles. The molecule has 1 aliphatic carbocycles. The Morgan fingerprint density at radius 3 is 2.73 bits per heavy atom. The molecule has 3 N–H and O–H groups in total. The van der Waals surface area contributed by atoms with Gasteiger partial charge in [0.15, 0.2) is 11.6 Å². The summed E-state index contributed by atoms with van der Waals surface area (Å²) in [5, 5.41) is 13.3. The summed E-state index contributed by atoms with van der Waals surface area (Å²) in [6, 6.07) is 2.22. The lowest BCUT2D eigenvalue weighted by molar-refractivity contribution is -0.130. The van der Waals surface area contributed by atoms with E-state index in [0.29, 0.717) is 58.2 Å². The molecule has 2 aliphatic rings. The van der Waals surface area contributed by atoms with Crippen molar-refractivity contribution >= 4 is 22.8 Å². The summed E-state index contributed by atoms with van der Waals surface area (Å²) >= 11 is 0. The molecule has 3 aromatic rings. The topological polar surface area (TPSA) is 130 Å². The normalized spacial score (nSPS) is 19.3. The number of aliphatic hydroxyl groups is 1. The molecule has 2 fully saturated rings. The van der Waals surface area contributed by atoms with Crippen LogP contribution in [0.15, 0.2) is 18.5 Å². The summed E-state index contributed by atoms with van der Waals surface area (Å²) < 4.78 is 25.7. The summed E-state index contributed by atoms with van der Waals surface area (Å²) in [5.41, 5.74) is 2.69. The molecule has 1 saturated carbocycles. The first kappa shape index (κ1) is 24.9. The average Bonchev–Trinajstić information content (AvgIpc) is 3.55. The van der Waals surface area contributed by atoms with Gasteiger partial charge in [-0.05, 0) is 31.7 Å². The number of methoxy groups -OCH3 is 1. The predicted molar refractivity (Wildman–Crippen MR) is 133 cm³/mol. The highest BCUT2D eigenvalue weighted by molar-refractivity contribution is 6.09. The van der Waals surface area contributed by atoms with Gasteiger partial charge >= 0.3 is 0 Å². The van der Waals surface area contributed by atoms with E-state index in [2.05, 4.69) is 20.3 Å². The van der Waals surface area contributed by atoms with E-state index in [-0.39, 0.29) is 24.7 Å². The Bertz CT molecular complexity index is 1350. The van der Waals surface area contributed by atoms with Gasteiger partial charge in [0.2, 0.25) is 5.91 Å². The van der Waals surface area contributed by atoms with Gasteiger partial charge < -0.3 is 29.8 Å². The SMILES string of the molecule is CCC(=O)N1C[C@H](O)[C@H](NC(=O)c2c(C)[nH]c3c(-c4cc(OC)c(F)cc4OCC4CC4)ncnc23)C1. The smallest absolute Gasteiger partial charge is 0.255 e. The summed E-state index contributed by atoms with van der Waals surface area (Å²) in [7, 11) is 1.39. The number of ether oxygens (including phenoxy) is 2. The van der Waals surface area contributed by atoms with Crippen molar-refractivity contribution < 1.29 is 28.6 Å². The van der Waals surface area contributed by atoms with Crippen molar-refractivity contribution in [3.8, 4) is 22.8 Å². The molecule has 0 spiro atoms. The molecule has 11 heteroatoms. The van der Waals surface area contributed by atoms with Gasteiger partial charge in [0.05, 0.1) is 36.9 Å². The first-order valence-corrected chi connectivity index (χ1v) is 12.4. The zero-order chi connectivity index (χ0) is 26.3. The van der Waals surface area contributed by atoms with E-state index >= 15 is 0 Å². The van der Waals surface area contributed by atoms with Crippen LogP contribution in [0.5, 0.6) is 11.5 Å². The quantitative estimate of drug-likeness (QED) is 0.424. The summed E-state index contributed by atoms with van der Waals surface area (Å²) in [6.07, 6.45) is 2.97. The van der Waals surface area contributed by atoms with Crippen LogP contribution in [0.1, 0.15) is 42.2 Å². The highest BCUT2D eigenvalue weighted by Crippen LogP contribution is 2.39. The molecule has 1 aromatic carbocycles. The molecular formula is C26H30FN5O5. The molecule has 0 unspecified atom stereocenters. The Balaban J connectivity index is 1.49. The molecule has 37 heavy (non-hydrogen) atoms. The van der Waals surface area contributed by atoms with E-state index in [9.17, 15) is 19.1 Å². The lowest BCUT2D eigenvalue weighted by atomic mass is 10.1. The van der Waals surface area contributed by atoms with E-state index in [1.165, 1.54) is 25.6 Å². The molecule has 0 radical (unpaired) electrons. The van der Waals surface area contributed by atoms with Gasteiger partial charge in [-0.3, -0.25) is 9.59 Å². The summed E-state index contributed by atoms with van der Waals surface area (Å²) in [4.78, 5) is 38.9. The van der Waals surface area contributed by atoms with Gasteiger partial charge in [0, 0.05) is 36.8 Å². The highest BCUT2D eigenvalue weighted by Gasteiger charge is 2.35. The number of aromatic amines is 1. The number of rotatable bonds is 8. The Hall–Kier alpha value is -3.73. The number of aryl methyl sites for hydroxylation is 1. The van der Waals surface area contributed by atoms with Crippen molar-refractivity contribution in [3.05, 3.63) is 35.5 Å². The number of carbonyl (C=O) groups is 2. The second-order valence-electron chi connectivity index (χ2n) is 9.61. The van der Waals surface area contributed by atoms with Crippen LogP contribution in [0.2, 0.25) is 0 Å². The number of hydrogen-bond acceptors (Lipinski definition) is 7. The van der Waals surface area contributed by atoms with Crippen molar-refractivity contribution in [2.24, 2.45) is 5.92 Å².